The molecule has 0 heterocycles. The molecule has 0 spiro atoms. The maximum absolute atomic E-state index is 10.5. The number of hydrogen-bond acceptors (Lipinski definition) is 1. The first-order valence-corrected chi connectivity index (χ1v) is 7.87. The van der Waals surface area contributed by atoms with Crippen molar-refractivity contribution < 1.29 is 40.9 Å². The summed E-state index contributed by atoms with van der Waals surface area (Å²) in [5.41, 5.74) is 5.09. The zero-order chi connectivity index (χ0) is 16.8. The Kier molecular flexibility index (Phi) is 9.76. The molecule has 0 aromatic rings. The molecule has 1 N–H and O–H groups in total. The van der Waals surface area contributed by atoms with Crippen LogP contribution in [0, 0.1) is 5.41 Å². The molecule has 0 bridgehead atoms. The zero-order valence-electron chi connectivity index (χ0n) is 16.4. The van der Waals surface area contributed by atoms with Gasteiger partial charge >= 0.3 is 35.5 Å². The van der Waals surface area contributed by atoms with E-state index in [0.717, 1.165) is 11.1 Å². The van der Waals surface area contributed by atoms with E-state index in [0.29, 0.717) is 0 Å². The van der Waals surface area contributed by atoms with E-state index in [1.54, 1.807) is 13.0 Å². The molecular weight excluding hydrogens is 295 g/mol. The summed E-state index contributed by atoms with van der Waals surface area (Å²) in [5.74, 6) is -0.912. The summed E-state index contributed by atoms with van der Waals surface area (Å²) < 4.78 is 0. The molecule has 0 aromatic heterocycles. The van der Waals surface area contributed by atoms with Crippen LogP contribution in [0.15, 0.2) is 58.7 Å². The third kappa shape index (κ3) is 8.01. The summed E-state index contributed by atoms with van der Waals surface area (Å²) in [6, 6.07) is 0. The van der Waals surface area contributed by atoms with Crippen LogP contribution in [-0.4, -0.2) is 11.1 Å². The van der Waals surface area contributed by atoms with Crippen molar-refractivity contribution in [2.75, 3.05) is 0 Å². The summed E-state index contributed by atoms with van der Waals surface area (Å²) in [5, 5.41) is 8.65. The van der Waals surface area contributed by atoms with Crippen molar-refractivity contribution in [3.05, 3.63) is 58.7 Å². The first-order valence-electron chi connectivity index (χ1n) is 7.87. The van der Waals surface area contributed by atoms with E-state index in [1.165, 1.54) is 36.5 Å². The van der Waals surface area contributed by atoms with Gasteiger partial charge in [0.05, 0.1) is 0 Å². The number of carboxylic acids is 1. The molecule has 0 amide bonds. The van der Waals surface area contributed by atoms with Crippen molar-refractivity contribution in [1.29, 1.82) is 0 Å². The van der Waals surface area contributed by atoms with Crippen LogP contribution in [0.5, 0.6) is 0 Å². The van der Waals surface area contributed by atoms with Crippen LogP contribution in [0.3, 0.4) is 0 Å². The van der Waals surface area contributed by atoms with Gasteiger partial charge in [0.15, 0.2) is 0 Å². The molecule has 0 unspecified atom stereocenters. The van der Waals surface area contributed by atoms with E-state index >= 15 is 0 Å². The molecule has 1 rings (SSSR count). The average molecular weight is 324 g/mol. The van der Waals surface area contributed by atoms with Crippen molar-refractivity contribution in [1.82, 2.24) is 0 Å². The van der Waals surface area contributed by atoms with Crippen molar-refractivity contribution >= 4 is 5.97 Å². The number of carbonyl (C=O) groups is 1. The Balaban J connectivity index is 0. The smallest absolute Gasteiger partial charge is 1.00 e. The van der Waals surface area contributed by atoms with Gasteiger partial charge in [-0.25, -0.2) is 4.79 Å². The zero-order valence-corrected chi connectivity index (χ0v) is 17.4. The summed E-state index contributed by atoms with van der Waals surface area (Å²) >= 11 is 0. The predicted octanol–water partition coefficient (Wildman–Crippen LogP) is 2.72. The number of hydrogen-bond donors (Lipinski definition) is 1. The Hall–Kier alpha value is -0.830. The molecule has 23 heavy (non-hydrogen) atoms. The van der Waals surface area contributed by atoms with Gasteiger partial charge in [-0.05, 0) is 56.6 Å². The second kappa shape index (κ2) is 10.1. The minimum atomic E-state index is -0.912. The van der Waals surface area contributed by atoms with E-state index in [4.69, 9.17) is 5.11 Å². The van der Waals surface area contributed by atoms with E-state index in [1.807, 2.05) is 12.2 Å². The molecule has 0 fully saturated rings. The van der Waals surface area contributed by atoms with Crippen LogP contribution in [0.4, 0.5) is 0 Å². The first-order chi connectivity index (χ1) is 10.2. The van der Waals surface area contributed by atoms with Gasteiger partial charge in [-0.1, -0.05) is 55.4 Å². The fourth-order valence-corrected chi connectivity index (χ4v) is 2.88. The minimum absolute atomic E-state index is 0. The molecule has 2 nitrogen and oxygen atoms in total. The Morgan fingerprint density at radius 2 is 1.87 bits per heavy atom. The summed E-state index contributed by atoms with van der Waals surface area (Å²) in [7, 11) is 0. The van der Waals surface area contributed by atoms with E-state index in [9.17, 15) is 4.79 Å². The number of allylic oxidation sites excluding steroid dienone is 9. The van der Waals surface area contributed by atoms with E-state index < -0.39 is 5.97 Å². The first kappa shape index (κ1) is 22.2. The SMILES string of the molecule is CC1=C(/C=C/C(C)=C/C=C/C(C)=C/C(=O)O)C(C)(C)CCC1.[H-].[Na+]. The molecule has 0 aromatic carbocycles. The van der Waals surface area contributed by atoms with Crippen LogP contribution in [0.1, 0.15) is 55.3 Å². The number of carboxylic acid groups (broad SMARTS) is 1. The van der Waals surface area contributed by atoms with Crippen LogP contribution in [-0.2, 0) is 4.79 Å². The summed E-state index contributed by atoms with van der Waals surface area (Å²) in [6.07, 6.45) is 15.0. The van der Waals surface area contributed by atoms with Crippen molar-refractivity contribution in [3.8, 4) is 0 Å². The second-order valence-corrected chi connectivity index (χ2v) is 6.76. The third-order valence-corrected chi connectivity index (χ3v) is 4.12. The Labute approximate surface area is 164 Å². The molecular formula is C20H29NaO2. The Bertz CT molecular complexity index is 578. The van der Waals surface area contributed by atoms with Gasteiger partial charge in [-0.3, -0.25) is 0 Å². The second-order valence-electron chi connectivity index (χ2n) is 6.76. The molecule has 0 saturated carbocycles. The number of rotatable bonds is 5. The largest absolute Gasteiger partial charge is 1.00 e. The van der Waals surface area contributed by atoms with Crippen LogP contribution in [0.2, 0.25) is 0 Å². The fraction of sp³-hybridized carbons (Fsp3) is 0.450. The minimum Gasteiger partial charge on any atom is -1.00 e. The fourth-order valence-electron chi connectivity index (χ4n) is 2.88. The Morgan fingerprint density at radius 3 is 2.43 bits per heavy atom. The monoisotopic (exact) mass is 324 g/mol. The topological polar surface area (TPSA) is 37.3 Å². The molecule has 0 aliphatic heterocycles. The average Bonchev–Trinajstić information content (AvgIpc) is 2.36. The maximum atomic E-state index is 10.5. The third-order valence-electron chi connectivity index (χ3n) is 4.12. The quantitative estimate of drug-likeness (QED) is 0.480. The van der Waals surface area contributed by atoms with Gasteiger partial charge in [0.25, 0.3) is 0 Å². The van der Waals surface area contributed by atoms with Crippen LogP contribution < -0.4 is 29.6 Å². The van der Waals surface area contributed by atoms with Gasteiger partial charge in [0.1, 0.15) is 0 Å². The van der Waals surface area contributed by atoms with Gasteiger partial charge in [0.2, 0.25) is 0 Å². The van der Waals surface area contributed by atoms with Crippen molar-refractivity contribution in [3.63, 3.8) is 0 Å². The van der Waals surface area contributed by atoms with E-state index in [-0.39, 0.29) is 36.4 Å². The molecule has 3 heteroatoms. The summed E-state index contributed by atoms with van der Waals surface area (Å²) in [4.78, 5) is 10.5. The van der Waals surface area contributed by atoms with Gasteiger partial charge in [-0.2, -0.15) is 0 Å². The molecule has 0 radical (unpaired) electrons. The standard InChI is InChI=1S/C20H28O2.Na.H/c1-15(8-6-9-16(2)14-19(21)22)11-12-18-17(3)10-7-13-20(18,4)5;;/h6,8-9,11-12,14H,7,10,13H2,1-5H3,(H,21,22);;/q;+1;-1/b9-6+,12-11+,15-8+,16-14+;;. The van der Waals surface area contributed by atoms with Crippen LogP contribution >= 0.6 is 0 Å². The van der Waals surface area contributed by atoms with Crippen molar-refractivity contribution in [2.24, 2.45) is 5.41 Å². The van der Waals surface area contributed by atoms with E-state index in [2.05, 4.69) is 39.8 Å². The van der Waals surface area contributed by atoms with Gasteiger partial charge < -0.3 is 6.53 Å². The maximum Gasteiger partial charge on any atom is 1.00 e. The predicted molar refractivity (Wildman–Crippen MR) is 94.9 cm³/mol. The molecule has 1 aliphatic rings. The molecule has 0 atom stereocenters. The van der Waals surface area contributed by atoms with Gasteiger partial charge in [0, 0.05) is 6.08 Å². The molecule has 122 valence electrons. The van der Waals surface area contributed by atoms with Crippen molar-refractivity contribution in [2.45, 2.75) is 53.9 Å². The summed E-state index contributed by atoms with van der Waals surface area (Å²) in [6.45, 7) is 10.7. The Morgan fingerprint density at radius 1 is 1.22 bits per heavy atom. The van der Waals surface area contributed by atoms with Crippen LogP contribution in [0.25, 0.3) is 0 Å². The van der Waals surface area contributed by atoms with Gasteiger partial charge in [-0.15, -0.1) is 0 Å². The normalized spacial score (nSPS) is 19.3. The number of aliphatic carboxylic acids is 1. The molecule has 1 aliphatic carbocycles. The molecule has 0 saturated heterocycles.